The Kier molecular flexibility index (Phi) is 5.73. The molecule has 0 bridgehead atoms. The summed E-state index contributed by atoms with van der Waals surface area (Å²) in [5.41, 5.74) is 2.35. The molecule has 1 aromatic heterocycles. The summed E-state index contributed by atoms with van der Waals surface area (Å²) in [6.07, 6.45) is 0.341. The molecule has 0 atom stereocenters. The minimum atomic E-state index is -0.0527. The number of nitrogen functional groups attached to an aromatic ring is 1. The highest BCUT2D eigenvalue weighted by Gasteiger charge is 2.11. The lowest BCUT2D eigenvalue weighted by Crippen LogP contribution is -2.28. The molecule has 106 valence electrons. The number of carbonyl (C=O) groups excluding carboxylic acids is 1. The van der Waals surface area contributed by atoms with E-state index in [2.05, 4.69) is 25.7 Å². The van der Waals surface area contributed by atoms with Crippen LogP contribution in [0.4, 0.5) is 11.9 Å². The minimum Gasteiger partial charge on any atom is -0.464 e. The molecule has 0 spiro atoms. The van der Waals surface area contributed by atoms with Gasteiger partial charge in [-0.1, -0.05) is 0 Å². The highest BCUT2D eigenvalue weighted by Crippen LogP contribution is 2.13. The number of aromatic nitrogens is 3. The molecule has 0 aliphatic carbocycles. The molecule has 0 aliphatic rings. The zero-order chi connectivity index (χ0) is 14.3. The van der Waals surface area contributed by atoms with E-state index in [1.54, 1.807) is 19.0 Å². The monoisotopic (exact) mass is 269 g/mol. The number of hydrogen-bond acceptors (Lipinski definition) is 8. The molecule has 1 aromatic rings. The second kappa shape index (κ2) is 7.31. The largest absolute Gasteiger partial charge is 0.464 e. The number of amides is 1. The van der Waals surface area contributed by atoms with Gasteiger partial charge in [0.15, 0.2) is 0 Å². The summed E-state index contributed by atoms with van der Waals surface area (Å²) in [5, 5.41) is 2.55. The number of nitrogens with two attached hydrogens (primary N) is 1. The fraction of sp³-hybridized carbons (Fsp3) is 0.600. The van der Waals surface area contributed by atoms with Gasteiger partial charge in [0.05, 0.1) is 6.61 Å². The number of ether oxygens (including phenoxy) is 1. The highest BCUT2D eigenvalue weighted by molar-refractivity contribution is 5.76. The topological polar surface area (TPSA) is 118 Å². The Hall–Kier alpha value is -2.16. The molecule has 9 nitrogen and oxygen atoms in total. The van der Waals surface area contributed by atoms with Crippen LogP contribution in [0.2, 0.25) is 0 Å². The van der Waals surface area contributed by atoms with Gasteiger partial charge >= 0.3 is 6.01 Å². The Bertz CT molecular complexity index is 426. The van der Waals surface area contributed by atoms with E-state index in [0.29, 0.717) is 25.5 Å². The van der Waals surface area contributed by atoms with E-state index >= 15 is 0 Å². The van der Waals surface area contributed by atoms with E-state index in [0.717, 1.165) is 0 Å². The molecular weight excluding hydrogens is 250 g/mol. The Morgan fingerprint density at radius 2 is 2.16 bits per heavy atom. The smallest absolute Gasteiger partial charge is 0.323 e. The average Bonchev–Trinajstić information content (AvgIpc) is 2.44. The van der Waals surface area contributed by atoms with Crippen molar-refractivity contribution >= 4 is 17.8 Å². The predicted octanol–water partition coefficient (Wildman–Crippen LogP) is -0.872. The number of hydrogen-bond donors (Lipinski definition) is 3. The number of anilines is 2. The molecule has 0 aromatic carbocycles. The number of hydrazine groups is 1. The van der Waals surface area contributed by atoms with Crippen LogP contribution in [0.1, 0.15) is 13.3 Å². The second-order valence-corrected chi connectivity index (χ2v) is 3.66. The normalized spacial score (nSPS) is 9.89. The second-order valence-electron chi connectivity index (χ2n) is 3.66. The van der Waals surface area contributed by atoms with Crippen molar-refractivity contribution in [1.82, 2.24) is 20.3 Å². The summed E-state index contributed by atoms with van der Waals surface area (Å²) in [5.74, 6) is 5.83. The Morgan fingerprint density at radius 3 is 2.74 bits per heavy atom. The molecule has 1 amide bonds. The Morgan fingerprint density at radius 1 is 1.42 bits per heavy atom. The van der Waals surface area contributed by atoms with Crippen molar-refractivity contribution in [2.45, 2.75) is 13.3 Å². The summed E-state index contributed by atoms with van der Waals surface area (Å²) in [6.45, 7) is 2.74. The molecule has 0 fully saturated rings. The molecule has 0 radical (unpaired) electrons. The lowest BCUT2D eigenvalue weighted by molar-refractivity contribution is -0.120. The van der Waals surface area contributed by atoms with E-state index in [9.17, 15) is 4.79 Å². The van der Waals surface area contributed by atoms with E-state index < -0.39 is 0 Å². The number of rotatable bonds is 7. The molecule has 19 heavy (non-hydrogen) atoms. The number of nitrogens with one attached hydrogen (secondary N) is 2. The first-order chi connectivity index (χ1) is 9.10. The molecule has 1 rings (SSSR count). The summed E-state index contributed by atoms with van der Waals surface area (Å²) in [4.78, 5) is 25.1. The van der Waals surface area contributed by atoms with Crippen molar-refractivity contribution in [3.63, 3.8) is 0 Å². The van der Waals surface area contributed by atoms with Crippen LogP contribution in [-0.2, 0) is 4.79 Å². The van der Waals surface area contributed by atoms with E-state index in [1.165, 1.54) is 0 Å². The van der Waals surface area contributed by atoms with Crippen molar-refractivity contribution in [2.75, 3.05) is 37.6 Å². The van der Waals surface area contributed by atoms with Crippen LogP contribution in [0.5, 0.6) is 6.01 Å². The summed E-state index contributed by atoms with van der Waals surface area (Å²) >= 11 is 0. The number of carbonyl (C=O) groups is 1. The fourth-order valence-electron chi connectivity index (χ4n) is 1.27. The van der Waals surface area contributed by atoms with Crippen molar-refractivity contribution < 1.29 is 9.53 Å². The van der Waals surface area contributed by atoms with Gasteiger partial charge in [-0.3, -0.25) is 10.2 Å². The molecule has 0 unspecified atom stereocenters. The molecule has 0 saturated heterocycles. The first kappa shape index (κ1) is 14.9. The van der Waals surface area contributed by atoms with Gasteiger partial charge in [0.1, 0.15) is 0 Å². The van der Waals surface area contributed by atoms with Crippen LogP contribution in [0.15, 0.2) is 0 Å². The average molecular weight is 269 g/mol. The first-order valence-electron chi connectivity index (χ1n) is 5.87. The molecule has 4 N–H and O–H groups in total. The third-order valence-electron chi connectivity index (χ3n) is 2.30. The maximum Gasteiger partial charge on any atom is 0.323 e. The van der Waals surface area contributed by atoms with Crippen LogP contribution in [0.25, 0.3) is 0 Å². The maximum atomic E-state index is 11.2. The van der Waals surface area contributed by atoms with Gasteiger partial charge in [-0.25, -0.2) is 5.84 Å². The van der Waals surface area contributed by atoms with E-state index in [-0.39, 0.29) is 17.9 Å². The van der Waals surface area contributed by atoms with Gasteiger partial charge in [0.2, 0.25) is 17.8 Å². The van der Waals surface area contributed by atoms with Crippen LogP contribution < -0.4 is 26.2 Å². The molecular formula is C10H19N7O2. The van der Waals surface area contributed by atoms with Crippen LogP contribution in [-0.4, -0.2) is 48.1 Å². The third kappa shape index (κ3) is 4.54. The van der Waals surface area contributed by atoms with Gasteiger partial charge < -0.3 is 15.0 Å². The van der Waals surface area contributed by atoms with Crippen LogP contribution >= 0.6 is 0 Å². The van der Waals surface area contributed by atoms with E-state index in [1.807, 2.05) is 6.92 Å². The minimum absolute atomic E-state index is 0.0527. The van der Waals surface area contributed by atoms with Crippen molar-refractivity contribution in [3.05, 3.63) is 0 Å². The van der Waals surface area contributed by atoms with Gasteiger partial charge in [-0.2, -0.15) is 15.0 Å². The van der Waals surface area contributed by atoms with Crippen molar-refractivity contribution in [3.8, 4) is 6.01 Å². The molecule has 9 heteroatoms. The van der Waals surface area contributed by atoms with Gasteiger partial charge in [-0.15, -0.1) is 0 Å². The maximum absolute atomic E-state index is 11.2. The third-order valence-corrected chi connectivity index (χ3v) is 2.30. The van der Waals surface area contributed by atoms with Crippen LogP contribution in [0, 0.1) is 0 Å². The first-order valence-corrected chi connectivity index (χ1v) is 5.87. The molecule has 0 saturated carbocycles. The standard InChI is InChI=1S/C10H19N7O2/c1-4-19-10-14-8(16-11)13-9(15-10)17(3)6-5-7(18)12-2/h4-6,11H2,1-3H3,(H,12,18)(H,13,14,15,16). The molecule has 0 aliphatic heterocycles. The lowest BCUT2D eigenvalue weighted by Gasteiger charge is -2.17. The number of nitrogens with zero attached hydrogens (tertiary/aromatic N) is 4. The quantitative estimate of drug-likeness (QED) is 0.432. The SMILES string of the molecule is CCOc1nc(NN)nc(N(C)CCC(=O)NC)n1. The van der Waals surface area contributed by atoms with Gasteiger partial charge in [-0.05, 0) is 6.92 Å². The Labute approximate surface area is 111 Å². The highest BCUT2D eigenvalue weighted by atomic mass is 16.5. The van der Waals surface area contributed by atoms with E-state index in [4.69, 9.17) is 10.6 Å². The summed E-state index contributed by atoms with van der Waals surface area (Å²) in [6, 6.07) is 0.187. The van der Waals surface area contributed by atoms with Gasteiger partial charge in [0, 0.05) is 27.1 Å². The predicted molar refractivity (Wildman–Crippen MR) is 70.8 cm³/mol. The zero-order valence-electron chi connectivity index (χ0n) is 11.3. The van der Waals surface area contributed by atoms with Crippen molar-refractivity contribution in [2.24, 2.45) is 5.84 Å². The van der Waals surface area contributed by atoms with Crippen molar-refractivity contribution in [1.29, 1.82) is 0 Å². The van der Waals surface area contributed by atoms with Crippen LogP contribution in [0.3, 0.4) is 0 Å². The Balaban J connectivity index is 2.79. The zero-order valence-corrected chi connectivity index (χ0v) is 11.3. The summed E-state index contributed by atoms with van der Waals surface area (Å²) < 4.78 is 5.22. The lowest BCUT2D eigenvalue weighted by atomic mass is 10.4. The fourth-order valence-corrected chi connectivity index (χ4v) is 1.27. The summed E-state index contributed by atoms with van der Waals surface area (Å²) in [7, 11) is 3.36. The van der Waals surface area contributed by atoms with Gasteiger partial charge in [0.25, 0.3) is 0 Å². The molecule has 1 heterocycles.